The Labute approximate surface area is 193 Å². The molecule has 1 saturated heterocycles. The number of hydrogen-bond donors (Lipinski definition) is 1. The van der Waals surface area contributed by atoms with E-state index in [0.717, 1.165) is 6.42 Å². The van der Waals surface area contributed by atoms with Gasteiger partial charge in [0.2, 0.25) is 0 Å². The van der Waals surface area contributed by atoms with Crippen molar-refractivity contribution in [3.05, 3.63) is 59.2 Å². The molecule has 1 atom stereocenters. The minimum atomic E-state index is -0.770. The number of carbonyl (C=O) groups excluding carboxylic acids is 2. The summed E-state index contributed by atoms with van der Waals surface area (Å²) in [5.41, 5.74) is 1.02. The number of benzene rings is 2. The third-order valence-corrected chi connectivity index (χ3v) is 5.40. The van der Waals surface area contributed by atoms with E-state index in [-0.39, 0.29) is 24.5 Å². The first-order valence-corrected chi connectivity index (χ1v) is 10.7. The number of hydrogen-bond acceptors (Lipinski definition) is 7. The van der Waals surface area contributed by atoms with Crippen LogP contribution in [0.2, 0.25) is 0 Å². The van der Waals surface area contributed by atoms with Crippen LogP contribution >= 0.6 is 0 Å². The SMILES string of the molecule is CCCOc1ccc(C2/C(=C(/O)c3ccc(OC)c(OC)c3)C(=O)C(=O)N2CCOC)cc1. The summed E-state index contributed by atoms with van der Waals surface area (Å²) >= 11 is 0. The highest BCUT2D eigenvalue weighted by Crippen LogP contribution is 2.40. The molecule has 33 heavy (non-hydrogen) atoms. The number of likely N-dealkylation sites (tertiary alicyclic amines) is 1. The minimum absolute atomic E-state index is 0.00514. The second-order valence-corrected chi connectivity index (χ2v) is 7.47. The first-order chi connectivity index (χ1) is 16.0. The highest BCUT2D eigenvalue weighted by Gasteiger charge is 2.45. The van der Waals surface area contributed by atoms with Crippen molar-refractivity contribution in [2.24, 2.45) is 0 Å². The van der Waals surface area contributed by atoms with Crippen LogP contribution < -0.4 is 14.2 Å². The number of ketones is 1. The van der Waals surface area contributed by atoms with Gasteiger partial charge >= 0.3 is 0 Å². The zero-order chi connectivity index (χ0) is 24.0. The number of ether oxygens (including phenoxy) is 4. The molecule has 1 unspecified atom stereocenters. The zero-order valence-corrected chi connectivity index (χ0v) is 19.3. The largest absolute Gasteiger partial charge is 0.507 e. The number of Topliss-reactive ketones (excluding diaryl/α,β-unsaturated/α-hetero) is 1. The van der Waals surface area contributed by atoms with Crippen molar-refractivity contribution in [2.45, 2.75) is 19.4 Å². The third-order valence-electron chi connectivity index (χ3n) is 5.40. The van der Waals surface area contributed by atoms with E-state index in [4.69, 9.17) is 18.9 Å². The van der Waals surface area contributed by atoms with E-state index in [1.165, 1.54) is 26.2 Å². The van der Waals surface area contributed by atoms with Gasteiger partial charge in [-0.2, -0.15) is 0 Å². The number of rotatable bonds is 10. The Hall–Kier alpha value is -3.52. The van der Waals surface area contributed by atoms with Crippen LogP contribution in [0, 0.1) is 0 Å². The summed E-state index contributed by atoms with van der Waals surface area (Å²) in [6.07, 6.45) is 0.879. The van der Waals surface area contributed by atoms with E-state index in [1.54, 1.807) is 42.5 Å². The Morgan fingerprint density at radius 3 is 2.27 bits per heavy atom. The van der Waals surface area contributed by atoms with Crippen LogP contribution in [0.3, 0.4) is 0 Å². The smallest absolute Gasteiger partial charge is 0.295 e. The van der Waals surface area contributed by atoms with Gasteiger partial charge in [0.1, 0.15) is 11.5 Å². The molecule has 0 aliphatic carbocycles. The van der Waals surface area contributed by atoms with Gasteiger partial charge in [0.15, 0.2) is 11.5 Å². The summed E-state index contributed by atoms with van der Waals surface area (Å²) in [6, 6.07) is 11.2. The van der Waals surface area contributed by atoms with Gasteiger partial charge in [-0.1, -0.05) is 19.1 Å². The molecule has 0 spiro atoms. The van der Waals surface area contributed by atoms with E-state index in [0.29, 0.717) is 35.0 Å². The minimum Gasteiger partial charge on any atom is -0.507 e. The first kappa shape index (κ1) is 24.1. The Morgan fingerprint density at radius 2 is 1.67 bits per heavy atom. The van der Waals surface area contributed by atoms with Crippen molar-refractivity contribution in [1.29, 1.82) is 0 Å². The molecule has 0 bridgehead atoms. The highest BCUT2D eigenvalue weighted by atomic mass is 16.5. The summed E-state index contributed by atoms with van der Waals surface area (Å²) in [7, 11) is 4.51. The lowest BCUT2D eigenvalue weighted by Gasteiger charge is -2.25. The fourth-order valence-electron chi connectivity index (χ4n) is 3.75. The van der Waals surface area contributed by atoms with Crippen LogP contribution in [0.1, 0.15) is 30.5 Å². The van der Waals surface area contributed by atoms with Crippen molar-refractivity contribution in [3.63, 3.8) is 0 Å². The van der Waals surface area contributed by atoms with Crippen LogP contribution in [0.25, 0.3) is 5.76 Å². The fraction of sp³-hybridized carbons (Fsp3) is 0.360. The lowest BCUT2D eigenvalue weighted by atomic mass is 9.95. The molecule has 1 aliphatic heterocycles. The standard InChI is InChI=1S/C25H29NO7/c1-5-13-33-18-9-6-16(7-10-18)22-21(24(28)25(29)26(22)12-14-30-2)23(27)17-8-11-19(31-3)20(15-17)32-4/h6-11,15,22,27H,5,12-14H2,1-4H3/b23-21-. The van der Waals surface area contributed by atoms with Crippen molar-refractivity contribution < 1.29 is 33.6 Å². The lowest BCUT2D eigenvalue weighted by Crippen LogP contribution is -2.32. The molecule has 2 aromatic carbocycles. The first-order valence-electron chi connectivity index (χ1n) is 10.7. The number of methoxy groups -OCH3 is 3. The summed E-state index contributed by atoms with van der Waals surface area (Å²) in [6.45, 7) is 3.05. The maximum Gasteiger partial charge on any atom is 0.295 e. The normalized spacial score (nSPS) is 17.3. The van der Waals surface area contributed by atoms with Gasteiger partial charge in [0.25, 0.3) is 11.7 Å². The number of carbonyl (C=O) groups is 2. The topological polar surface area (TPSA) is 94.5 Å². The molecule has 1 aliphatic rings. The van der Waals surface area contributed by atoms with Gasteiger partial charge in [0.05, 0.1) is 39.0 Å². The Morgan fingerprint density at radius 1 is 0.970 bits per heavy atom. The van der Waals surface area contributed by atoms with Crippen molar-refractivity contribution in [1.82, 2.24) is 4.90 Å². The molecule has 0 radical (unpaired) electrons. The van der Waals surface area contributed by atoms with Gasteiger partial charge < -0.3 is 29.0 Å². The van der Waals surface area contributed by atoms with Gasteiger partial charge in [-0.05, 0) is 42.3 Å². The maximum atomic E-state index is 13.0. The van der Waals surface area contributed by atoms with Crippen LogP contribution in [0.4, 0.5) is 0 Å². The van der Waals surface area contributed by atoms with E-state index >= 15 is 0 Å². The summed E-state index contributed by atoms with van der Waals surface area (Å²) in [4.78, 5) is 27.3. The molecule has 3 rings (SSSR count). The zero-order valence-electron chi connectivity index (χ0n) is 19.3. The van der Waals surface area contributed by atoms with Crippen LogP contribution in [0.15, 0.2) is 48.0 Å². The van der Waals surface area contributed by atoms with Crippen LogP contribution in [-0.4, -0.2) is 62.8 Å². The monoisotopic (exact) mass is 455 g/mol. The Kier molecular flexibility index (Phi) is 7.95. The summed E-state index contributed by atoms with van der Waals surface area (Å²) in [5.74, 6) is -0.169. The lowest BCUT2D eigenvalue weighted by molar-refractivity contribution is -0.140. The second-order valence-electron chi connectivity index (χ2n) is 7.47. The van der Waals surface area contributed by atoms with Crippen LogP contribution in [0.5, 0.6) is 17.2 Å². The van der Waals surface area contributed by atoms with Crippen molar-refractivity contribution >= 4 is 17.4 Å². The molecule has 1 amide bonds. The van der Waals surface area contributed by atoms with E-state index in [1.807, 2.05) is 6.92 Å². The highest BCUT2D eigenvalue weighted by molar-refractivity contribution is 6.46. The molecular weight excluding hydrogens is 426 g/mol. The molecule has 176 valence electrons. The van der Waals surface area contributed by atoms with Crippen molar-refractivity contribution in [3.8, 4) is 17.2 Å². The molecule has 1 fully saturated rings. The number of nitrogens with zero attached hydrogens (tertiary/aromatic N) is 1. The van der Waals surface area contributed by atoms with Gasteiger partial charge in [-0.15, -0.1) is 0 Å². The molecular formula is C25H29NO7. The van der Waals surface area contributed by atoms with Gasteiger partial charge in [-0.3, -0.25) is 9.59 Å². The predicted octanol–water partition coefficient (Wildman–Crippen LogP) is 3.56. The van der Waals surface area contributed by atoms with Gasteiger partial charge in [-0.25, -0.2) is 0 Å². The molecule has 8 nitrogen and oxygen atoms in total. The average molecular weight is 456 g/mol. The van der Waals surface area contributed by atoms with Crippen molar-refractivity contribution in [2.75, 3.05) is 41.1 Å². The summed E-state index contributed by atoms with van der Waals surface area (Å²) < 4.78 is 21.3. The predicted molar refractivity (Wildman–Crippen MR) is 123 cm³/mol. The fourth-order valence-corrected chi connectivity index (χ4v) is 3.75. The average Bonchev–Trinajstić information content (AvgIpc) is 3.10. The number of aliphatic hydroxyl groups excluding tert-OH is 1. The van der Waals surface area contributed by atoms with E-state index < -0.39 is 17.7 Å². The molecule has 2 aromatic rings. The molecule has 8 heteroatoms. The van der Waals surface area contributed by atoms with Crippen LogP contribution in [-0.2, 0) is 14.3 Å². The maximum absolute atomic E-state index is 13.0. The number of amides is 1. The third kappa shape index (κ3) is 4.96. The molecule has 0 saturated carbocycles. The molecule has 1 heterocycles. The Balaban J connectivity index is 2.10. The molecule has 0 aromatic heterocycles. The van der Waals surface area contributed by atoms with Gasteiger partial charge in [0, 0.05) is 19.2 Å². The second kappa shape index (κ2) is 10.9. The molecule has 1 N–H and O–H groups in total. The quantitative estimate of drug-likeness (QED) is 0.333. The number of aliphatic hydroxyl groups is 1. The Bertz CT molecular complexity index is 1030. The summed E-state index contributed by atoms with van der Waals surface area (Å²) in [5, 5.41) is 11.2. The van der Waals surface area contributed by atoms with E-state index in [9.17, 15) is 14.7 Å². The van der Waals surface area contributed by atoms with E-state index in [2.05, 4.69) is 0 Å².